The molecule has 122 valence electrons. The molecule has 21 heavy (non-hydrogen) atoms. The molecule has 0 unspecified atom stereocenters. The SMILES string of the molecule is CCC1CCC(NC(=O)NCCC(F)(F)F)(C(=O)O)CC1. The lowest BCUT2D eigenvalue weighted by atomic mass is 9.75. The second-order valence-corrected chi connectivity index (χ2v) is 5.48. The van der Waals surface area contributed by atoms with Gasteiger partial charge < -0.3 is 15.7 Å². The molecule has 0 aromatic carbocycles. The molecule has 0 aromatic rings. The predicted molar refractivity (Wildman–Crippen MR) is 69.8 cm³/mol. The van der Waals surface area contributed by atoms with E-state index in [1.165, 1.54) is 0 Å². The standard InChI is InChI=1S/C13H21F3N2O3/c1-2-9-3-5-12(6-4-9,10(19)20)18-11(21)17-8-7-13(14,15)16/h9H,2-8H2,1H3,(H,19,20)(H2,17,18,21). The van der Waals surface area contributed by atoms with Gasteiger partial charge in [0.2, 0.25) is 0 Å². The van der Waals surface area contributed by atoms with Crippen molar-refractivity contribution in [3.8, 4) is 0 Å². The van der Waals surface area contributed by atoms with Crippen molar-refractivity contribution in [2.45, 2.75) is 57.2 Å². The average Bonchev–Trinajstić information content (AvgIpc) is 2.37. The summed E-state index contributed by atoms with van der Waals surface area (Å²) < 4.78 is 36.0. The van der Waals surface area contributed by atoms with Crippen LogP contribution in [0.15, 0.2) is 0 Å². The maximum Gasteiger partial charge on any atom is 0.390 e. The number of rotatable bonds is 5. The second kappa shape index (κ2) is 7.00. The predicted octanol–water partition coefficient (Wildman–Crippen LogP) is 2.66. The van der Waals surface area contributed by atoms with Gasteiger partial charge in [0.25, 0.3) is 0 Å². The highest BCUT2D eigenvalue weighted by Gasteiger charge is 2.43. The largest absolute Gasteiger partial charge is 0.480 e. The third-order valence-corrected chi connectivity index (χ3v) is 3.99. The van der Waals surface area contributed by atoms with Crippen molar-refractivity contribution in [3.63, 3.8) is 0 Å². The van der Waals surface area contributed by atoms with Gasteiger partial charge in [-0.15, -0.1) is 0 Å². The van der Waals surface area contributed by atoms with E-state index in [0.29, 0.717) is 31.6 Å². The molecule has 0 spiro atoms. The first-order valence-corrected chi connectivity index (χ1v) is 7.04. The highest BCUT2D eigenvalue weighted by Crippen LogP contribution is 2.34. The first-order chi connectivity index (χ1) is 9.68. The minimum Gasteiger partial charge on any atom is -0.480 e. The van der Waals surface area contributed by atoms with Crippen LogP contribution in [-0.2, 0) is 4.79 Å². The van der Waals surface area contributed by atoms with Crippen LogP contribution >= 0.6 is 0 Å². The molecule has 2 amide bonds. The van der Waals surface area contributed by atoms with Gasteiger partial charge in [-0.05, 0) is 31.6 Å². The fourth-order valence-corrected chi connectivity index (χ4v) is 2.55. The molecule has 1 saturated carbocycles. The van der Waals surface area contributed by atoms with Gasteiger partial charge in [-0.2, -0.15) is 13.2 Å². The zero-order valence-corrected chi connectivity index (χ0v) is 11.9. The van der Waals surface area contributed by atoms with Gasteiger partial charge in [0.1, 0.15) is 5.54 Å². The van der Waals surface area contributed by atoms with E-state index in [-0.39, 0.29) is 0 Å². The lowest BCUT2D eigenvalue weighted by molar-refractivity contribution is -0.146. The molecule has 0 aliphatic heterocycles. The minimum atomic E-state index is -4.35. The number of halogens is 3. The summed E-state index contributed by atoms with van der Waals surface area (Å²) in [4.78, 5) is 23.0. The molecule has 3 N–H and O–H groups in total. The number of carboxylic acids is 1. The van der Waals surface area contributed by atoms with Gasteiger partial charge in [-0.3, -0.25) is 0 Å². The number of carboxylic acid groups (broad SMARTS) is 1. The number of nitrogens with one attached hydrogen (secondary N) is 2. The van der Waals surface area contributed by atoms with Crippen LogP contribution < -0.4 is 10.6 Å². The van der Waals surface area contributed by atoms with Crippen molar-refractivity contribution in [2.24, 2.45) is 5.92 Å². The molecule has 5 nitrogen and oxygen atoms in total. The second-order valence-electron chi connectivity index (χ2n) is 5.48. The van der Waals surface area contributed by atoms with E-state index in [1.54, 1.807) is 0 Å². The van der Waals surface area contributed by atoms with E-state index >= 15 is 0 Å². The Hall–Kier alpha value is -1.47. The fourth-order valence-electron chi connectivity index (χ4n) is 2.55. The molecule has 1 rings (SSSR count). The Morgan fingerprint density at radius 1 is 1.29 bits per heavy atom. The van der Waals surface area contributed by atoms with Crippen LogP contribution in [0.2, 0.25) is 0 Å². The van der Waals surface area contributed by atoms with Crippen LogP contribution in [0.4, 0.5) is 18.0 Å². The quantitative estimate of drug-likeness (QED) is 0.730. The number of alkyl halides is 3. The van der Waals surface area contributed by atoms with Gasteiger partial charge in [-0.1, -0.05) is 13.3 Å². The van der Waals surface area contributed by atoms with Crippen LogP contribution in [0.3, 0.4) is 0 Å². The van der Waals surface area contributed by atoms with Crippen molar-refractivity contribution in [1.29, 1.82) is 0 Å². The minimum absolute atomic E-state index is 0.299. The van der Waals surface area contributed by atoms with Crippen molar-refractivity contribution in [1.82, 2.24) is 10.6 Å². The Bertz CT molecular complexity index is 377. The number of amides is 2. The van der Waals surface area contributed by atoms with Crippen molar-refractivity contribution in [2.75, 3.05) is 6.54 Å². The van der Waals surface area contributed by atoms with Gasteiger partial charge in [0, 0.05) is 6.54 Å². The number of aliphatic carboxylic acids is 1. The summed E-state index contributed by atoms with van der Waals surface area (Å²) in [6.45, 7) is 1.46. The van der Waals surface area contributed by atoms with E-state index in [0.717, 1.165) is 6.42 Å². The van der Waals surface area contributed by atoms with E-state index in [2.05, 4.69) is 10.6 Å². The van der Waals surface area contributed by atoms with Crippen LogP contribution in [0, 0.1) is 5.92 Å². The highest BCUT2D eigenvalue weighted by molar-refractivity contribution is 5.86. The molecule has 1 aliphatic carbocycles. The maximum atomic E-state index is 12.0. The van der Waals surface area contributed by atoms with Crippen molar-refractivity contribution < 1.29 is 27.9 Å². The highest BCUT2D eigenvalue weighted by atomic mass is 19.4. The lowest BCUT2D eigenvalue weighted by Crippen LogP contribution is -2.58. The van der Waals surface area contributed by atoms with Gasteiger partial charge in [0.05, 0.1) is 6.42 Å². The molecule has 8 heteroatoms. The normalized spacial score (nSPS) is 26.2. The van der Waals surface area contributed by atoms with Crippen LogP contribution in [-0.4, -0.2) is 35.4 Å². The van der Waals surface area contributed by atoms with Crippen molar-refractivity contribution in [3.05, 3.63) is 0 Å². The van der Waals surface area contributed by atoms with Crippen LogP contribution in [0.5, 0.6) is 0 Å². The number of hydrogen-bond acceptors (Lipinski definition) is 2. The topological polar surface area (TPSA) is 78.4 Å². The molecule has 0 heterocycles. The molecule has 0 aromatic heterocycles. The number of hydrogen-bond donors (Lipinski definition) is 3. The molecule has 1 fully saturated rings. The Morgan fingerprint density at radius 3 is 2.29 bits per heavy atom. The van der Waals surface area contributed by atoms with Crippen LogP contribution in [0.25, 0.3) is 0 Å². The van der Waals surface area contributed by atoms with Gasteiger partial charge in [-0.25, -0.2) is 9.59 Å². The van der Waals surface area contributed by atoms with Crippen LogP contribution in [0.1, 0.15) is 45.4 Å². The number of urea groups is 1. The smallest absolute Gasteiger partial charge is 0.390 e. The van der Waals surface area contributed by atoms with Crippen molar-refractivity contribution >= 4 is 12.0 Å². The molecule has 0 saturated heterocycles. The first-order valence-electron chi connectivity index (χ1n) is 7.04. The Morgan fingerprint density at radius 2 is 1.86 bits per heavy atom. The summed E-state index contributed by atoms with van der Waals surface area (Å²) in [7, 11) is 0. The zero-order valence-electron chi connectivity index (χ0n) is 11.9. The summed E-state index contributed by atoms with van der Waals surface area (Å²) in [6.07, 6.45) is -2.57. The molecular formula is C13H21F3N2O3. The number of carbonyl (C=O) groups excluding carboxylic acids is 1. The average molecular weight is 310 g/mol. The maximum absolute atomic E-state index is 12.0. The molecular weight excluding hydrogens is 289 g/mol. The summed E-state index contributed by atoms with van der Waals surface area (Å²) >= 11 is 0. The van der Waals surface area contributed by atoms with E-state index < -0.39 is 36.7 Å². The lowest BCUT2D eigenvalue weighted by Gasteiger charge is -2.37. The van der Waals surface area contributed by atoms with Gasteiger partial charge >= 0.3 is 18.2 Å². The molecule has 0 bridgehead atoms. The van der Waals surface area contributed by atoms with E-state index in [4.69, 9.17) is 0 Å². The number of carbonyl (C=O) groups is 2. The Labute approximate surface area is 121 Å². The fraction of sp³-hybridized carbons (Fsp3) is 0.846. The summed E-state index contributed by atoms with van der Waals surface area (Å²) in [6, 6.07) is -0.864. The summed E-state index contributed by atoms with van der Waals surface area (Å²) in [5.74, 6) is -0.699. The Kier molecular flexibility index (Phi) is 5.86. The van der Waals surface area contributed by atoms with E-state index in [1.807, 2.05) is 6.92 Å². The molecule has 0 radical (unpaired) electrons. The van der Waals surface area contributed by atoms with E-state index in [9.17, 15) is 27.9 Å². The first kappa shape index (κ1) is 17.6. The van der Waals surface area contributed by atoms with Gasteiger partial charge in [0.15, 0.2) is 0 Å². The zero-order chi connectivity index (χ0) is 16.1. The molecule has 0 atom stereocenters. The molecule has 1 aliphatic rings. The monoisotopic (exact) mass is 310 g/mol. The third-order valence-electron chi connectivity index (χ3n) is 3.99. The summed E-state index contributed by atoms with van der Waals surface area (Å²) in [5.41, 5.74) is -1.37. The summed E-state index contributed by atoms with van der Waals surface area (Å²) in [5, 5.41) is 13.7. The third kappa shape index (κ3) is 5.43. The Balaban J connectivity index is 2.51.